The van der Waals surface area contributed by atoms with Gasteiger partial charge in [0.25, 0.3) is 0 Å². The van der Waals surface area contributed by atoms with Crippen LogP contribution in [0.3, 0.4) is 0 Å². The van der Waals surface area contributed by atoms with Crippen molar-refractivity contribution in [2.45, 2.75) is 39.2 Å². The Kier molecular flexibility index (Phi) is 6.32. The summed E-state index contributed by atoms with van der Waals surface area (Å²) in [6, 6.07) is 0.638. The van der Waals surface area contributed by atoms with Gasteiger partial charge in [0.05, 0.1) is 0 Å². The van der Waals surface area contributed by atoms with Gasteiger partial charge in [0.2, 0.25) is 0 Å². The summed E-state index contributed by atoms with van der Waals surface area (Å²) in [6.07, 6.45) is 3.48. The van der Waals surface area contributed by atoms with Crippen LogP contribution in [0.15, 0.2) is 0 Å². The smallest absolute Gasteiger partial charge is 0.00891 e. The summed E-state index contributed by atoms with van der Waals surface area (Å²) in [4.78, 5) is 0. The maximum Gasteiger partial charge on any atom is 0.00891 e. The molecule has 0 radical (unpaired) electrons. The van der Waals surface area contributed by atoms with E-state index in [1.165, 1.54) is 12.8 Å². The molecule has 0 aromatic rings. The average molecular weight is 139 g/mol. The van der Waals surface area contributed by atoms with E-state index in [0.717, 1.165) is 6.42 Å². The quantitative estimate of drug-likeness (QED) is 0.462. The van der Waals surface area contributed by atoms with Gasteiger partial charge in [-0.05, 0) is 33.7 Å². The van der Waals surface area contributed by atoms with Crippen LogP contribution < -0.4 is 5.32 Å². The molecule has 58 valence electrons. The van der Waals surface area contributed by atoms with E-state index in [9.17, 15) is 0 Å². The molecule has 0 saturated heterocycles. The van der Waals surface area contributed by atoms with Gasteiger partial charge in [-0.2, -0.15) is 0 Å². The van der Waals surface area contributed by atoms with Crippen molar-refractivity contribution >= 4 is 0 Å². The third-order valence-electron chi connectivity index (χ3n) is 1.61. The Labute approximate surface area is 64.2 Å². The summed E-state index contributed by atoms with van der Waals surface area (Å²) in [6.45, 7) is 4.08. The summed E-state index contributed by atoms with van der Waals surface area (Å²) >= 11 is 0. The molecule has 1 nitrogen and oxygen atoms in total. The van der Waals surface area contributed by atoms with Gasteiger partial charge in [0.1, 0.15) is 0 Å². The lowest BCUT2D eigenvalue weighted by molar-refractivity contribution is 0.547. The van der Waals surface area contributed by atoms with Crippen molar-refractivity contribution in [3.63, 3.8) is 0 Å². The van der Waals surface area contributed by atoms with Crippen molar-refractivity contribution in [1.29, 1.82) is 0 Å². The number of unbranched alkanes of at least 4 members (excludes halogenated alkanes) is 1. The molecule has 10 heavy (non-hydrogen) atoms. The fourth-order valence-electron chi connectivity index (χ4n) is 0.766. The first-order valence-electron chi connectivity index (χ1n) is 3.88. The van der Waals surface area contributed by atoms with E-state index in [1.807, 2.05) is 14.0 Å². The summed E-state index contributed by atoms with van der Waals surface area (Å²) in [7, 11) is 2.00. The second-order valence-corrected chi connectivity index (χ2v) is 2.51. The lowest BCUT2D eigenvalue weighted by Crippen LogP contribution is -2.20. The molecule has 0 aliphatic heterocycles. The van der Waals surface area contributed by atoms with E-state index >= 15 is 0 Å². The molecule has 0 aliphatic carbocycles. The summed E-state index contributed by atoms with van der Waals surface area (Å²) in [5.74, 6) is 5.94. The van der Waals surface area contributed by atoms with Gasteiger partial charge in [-0.25, -0.2) is 0 Å². The molecule has 0 saturated carbocycles. The Balaban J connectivity index is 3.08. The van der Waals surface area contributed by atoms with E-state index < -0.39 is 0 Å². The third kappa shape index (κ3) is 5.65. The number of rotatable bonds is 4. The van der Waals surface area contributed by atoms with Crippen LogP contribution in [0.1, 0.15) is 33.1 Å². The van der Waals surface area contributed by atoms with Crippen molar-refractivity contribution in [3.8, 4) is 11.8 Å². The molecule has 1 N–H and O–H groups in total. The molecule has 0 aliphatic rings. The van der Waals surface area contributed by atoms with E-state index in [-0.39, 0.29) is 0 Å². The van der Waals surface area contributed by atoms with Gasteiger partial charge in [-0.15, -0.1) is 11.8 Å². The largest absolute Gasteiger partial charge is 0.317 e. The molecule has 0 aromatic carbocycles. The maximum atomic E-state index is 3.19. The highest BCUT2D eigenvalue weighted by atomic mass is 14.8. The lowest BCUT2D eigenvalue weighted by atomic mass is 10.1. The predicted molar refractivity (Wildman–Crippen MR) is 45.8 cm³/mol. The van der Waals surface area contributed by atoms with Gasteiger partial charge in [-0.3, -0.25) is 0 Å². The van der Waals surface area contributed by atoms with Gasteiger partial charge in [0, 0.05) is 12.5 Å². The van der Waals surface area contributed by atoms with Crippen molar-refractivity contribution in [2.24, 2.45) is 0 Å². The average Bonchev–Trinajstić information content (AvgIpc) is 1.98. The zero-order chi connectivity index (χ0) is 7.82. The summed E-state index contributed by atoms with van der Waals surface area (Å²) < 4.78 is 0. The highest BCUT2D eigenvalue weighted by Crippen LogP contribution is 1.97. The van der Waals surface area contributed by atoms with Crippen LogP contribution in [-0.2, 0) is 0 Å². The highest BCUT2D eigenvalue weighted by molar-refractivity contribution is 4.94. The van der Waals surface area contributed by atoms with Gasteiger partial charge in [-0.1, -0.05) is 0 Å². The van der Waals surface area contributed by atoms with Crippen molar-refractivity contribution in [1.82, 2.24) is 5.32 Å². The molecule has 0 rings (SSSR count). The molecule has 0 amide bonds. The topological polar surface area (TPSA) is 12.0 Å². The van der Waals surface area contributed by atoms with Crippen LogP contribution >= 0.6 is 0 Å². The number of nitrogens with one attached hydrogen (secondary N) is 1. The first-order valence-corrected chi connectivity index (χ1v) is 3.88. The Morgan fingerprint density at radius 2 is 2.20 bits per heavy atom. The van der Waals surface area contributed by atoms with Crippen LogP contribution in [0.5, 0.6) is 0 Å². The van der Waals surface area contributed by atoms with Crippen LogP contribution in [-0.4, -0.2) is 13.1 Å². The molecule has 0 spiro atoms. The van der Waals surface area contributed by atoms with Crippen molar-refractivity contribution < 1.29 is 0 Å². The van der Waals surface area contributed by atoms with Crippen LogP contribution in [0.25, 0.3) is 0 Å². The molecule has 1 heteroatoms. The first-order chi connectivity index (χ1) is 4.81. The van der Waals surface area contributed by atoms with Crippen molar-refractivity contribution in [2.75, 3.05) is 7.05 Å². The Bertz CT molecular complexity index is 118. The number of hydrogen-bond acceptors (Lipinski definition) is 1. The molecule has 1 atom stereocenters. The standard InChI is InChI=1S/C9H17N/c1-4-5-6-7-8-9(2)10-3/h9-10H,6-8H2,1-3H3. The molecular weight excluding hydrogens is 122 g/mol. The van der Waals surface area contributed by atoms with E-state index in [1.54, 1.807) is 0 Å². The number of hydrogen-bond donors (Lipinski definition) is 1. The highest BCUT2D eigenvalue weighted by Gasteiger charge is 1.94. The SMILES string of the molecule is CC#CCCCC(C)NC. The Morgan fingerprint density at radius 1 is 1.50 bits per heavy atom. The van der Waals surface area contributed by atoms with E-state index in [2.05, 4.69) is 24.1 Å². The van der Waals surface area contributed by atoms with E-state index in [0.29, 0.717) is 6.04 Å². The van der Waals surface area contributed by atoms with Gasteiger partial charge in [0.15, 0.2) is 0 Å². The zero-order valence-corrected chi connectivity index (χ0v) is 7.20. The lowest BCUT2D eigenvalue weighted by Gasteiger charge is -2.06. The normalized spacial score (nSPS) is 11.9. The second kappa shape index (κ2) is 6.64. The van der Waals surface area contributed by atoms with E-state index in [4.69, 9.17) is 0 Å². The predicted octanol–water partition coefficient (Wildman–Crippen LogP) is 1.79. The molecule has 0 aromatic heterocycles. The van der Waals surface area contributed by atoms with Gasteiger partial charge < -0.3 is 5.32 Å². The molecule has 0 fully saturated rings. The minimum Gasteiger partial charge on any atom is -0.317 e. The Morgan fingerprint density at radius 3 is 2.70 bits per heavy atom. The molecule has 0 bridgehead atoms. The zero-order valence-electron chi connectivity index (χ0n) is 7.20. The minimum absolute atomic E-state index is 0.638. The molecule has 1 unspecified atom stereocenters. The van der Waals surface area contributed by atoms with Crippen LogP contribution in [0, 0.1) is 11.8 Å². The molecule has 0 heterocycles. The second-order valence-electron chi connectivity index (χ2n) is 2.51. The minimum atomic E-state index is 0.638. The van der Waals surface area contributed by atoms with Gasteiger partial charge >= 0.3 is 0 Å². The first kappa shape index (κ1) is 9.52. The summed E-state index contributed by atoms with van der Waals surface area (Å²) in [5.41, 5.74) is 0. The summed E-state index contributed by atoms with van der Waals surface area (Å²) in [5, 5.41) is 3.19. The fourth-order valence-corrected chi connectivity index (χ4v) is 0.766. The van der Waals surface area contributed by atoms with Crippen LogP contribution in [0.4, 0.5) is 0 Å². The maximum absolute atomic E-state index is 3.19. The third-order valence-corrected chi connectivity index (χ3v) is 1.61. The van der Waals surface area contributed by atoms with Crippen molar-refractivity contribution in [3.05, 3.63) is 0 Å². The van der Waals surface area contributed by atoms with Crippen LogP contribution in [0.2, 0.25) is 0 Å². The monoisotopic (exact) mass is 139 g/mol. The Hall–Kier alpha value is -0.480. The molecular formula is C9H17N. The fraction of sp³-hybridized carbons (Fsp3) is 0.778.